The van der Waals surface area contributed by atoms with Crippen LogP contribution in [0.1, 0.15) is 30.6 Å². The number of nitriles is 1. The summed E-state index contributed by atoms with van der Waals surface area (Å²) in [4.78, 5) is 13.3. The maximum absolute atomic E-state index is 13.3. The predicted molar refractivity (Wildman–Crippen MR) is 129 cm³/mol. The van der Waals surface area contributed by atoms with Crippen molar-refractivity contribution in [2.24, 2.45) is 0 Å². The molecule has 0 spiro atoms. The lowest BCUT2D eigenvalue weighted by Gasteiger charge is -2.20. The summed E-state index contributed by atoms with van der Waals surface area (Å²) in [5, 5.41) is 13.0. The highest BCUT2D eigenvalue weighted by molar-refractivity contribution is 6.54. The lowest BCUT2D eigenvalue weighted by atomic mass is 9.95. The molecule has 0 heterocycles. The molecule has 0 amide bonds. The van der Waals surface area contributed by atoms with Crippen LogP contribution in [0.3, 0.4) is 0 Å². The monoisotopic (exact) mass is 480 g/mol. The van der Waals surface area contributed by atoms with Crippen molar-refractivity contribution < 1.29 is 14.3 Å². The number of carbonyl (C=O) groups excluding carboxylic acids is 1. The van der Waals surface area contributed by atoms with E-state index in [9.17, 15) is 10.1 Å². The Morgan fingerprint density at radius 2 is 1.73 bits per heavy atom. The average Bonchev–Trinajstić information content (AvgIpc) is 3.42. The number of halogens is 2. The van der Waals surface area contributed by atoms with E-state index in [0.29, 0.717) is 23.5 Å². The van der Waals surface area contributed by atoms with Gasteiger partial charge in [0.05, 0.1) is 6.61 Å². The van der Waals surface area contributed by atoms with E-state index in [1.54, 1.807) is 42.5 Å². The van der Waals surface area contributed by atoms with Crippen LogP contribution in [0.25, 0.3) is 0 Å². The second-order valence-electron chi connectivity index (χ2n) is 7.77. The summed E-state index contributed by atoms with van der Waals surface area (Å²) in [5.74, 6) is 0.0439. The zero-order valence-electron chi connectivity index (χ0n) is 17.9. The van der Waals surface area contributed by atoms with Gasteiger partial charge in [-0.1, -0.05) is 65.7 Å². The average molecular weight is 481 g/mol. The summed E-state index contributed by atoms with van der Waals surface area (Å²) in [6, 6.07) is 25.9. The lowest BCUT2D eigenvalue weighted by Crippen LogP contribution is -2.30. The molecule has 1 aliphatic rings. The molecule has 0 aromatic heterocycles. The second kappa shape index (κ2) is 9.35. The molecule has 5 nitrogen and oxygen atoms in total. The molecule has 4 rings (SSSR count). The van der Waals surface area contributed by atoms with Crippen LogP contribution in [0.4, 0.5) is 11.4 Å². The second-order valence-corrected chi connectivity index (χ2v) is 9.26. The standard InChI is InChI=1S/C26H22Cl2N2O3/c1-2-32-22-13-11-19(12-14-22)25(17-26(25,27)28)24(31)33-23(16-29)18-7-6-10-21(15-18)30-20-8-4-3-5-9-20/h3-15,23,30H,2,17H2,1H3. The quantitative estimate of drug-likeness (QED) is 0.296. The van der Waals surface area contributed by atoms with Crippen LogP contribution in [-0.4, -0.2) is 16.9 Å². The maximum atomic E-state index is 13.3. The minimum Gasteiger partial charge on any atom is -0.494 e. The number of nitrogens with zero attached hydrogens (tertiary/aromatic N) is 1. The molecule has 168 valence electrons. The van der Waals surface area contributed by atoms with Crippen molar-refractivity contribution in [1.82, 2.24) is 0 Å². The SMILES string of the molecule is CCOc1ccc(C2(C(=O)OC(C#N)c3cccc(Nc4ccccc4)c3)CC2(Cl)Cl)cc1. The molecule has 1 saturated carbocycles. The van der Waals surface area contributed by atoms with Crippen molar-refractivity contribution in [2.45, 2.75) is 29.2 Å². The third kappa shape index (κ3) is 4.64. The molecule has 0 bridgehead atoms. The highest BCUT2D eigenvalue weighted by atomic mass is 35.5. The molecule has 2 atom stereocenters. The Balaban J connectivity index is 1.55. The third-order valence-electron chi connectivity index (χ3n) is 5.59. The molecule has 1 aliphatic carbocycles. The van der Waals surface area contributed by atoms with E-state index in [4.69, 9.17) is 32.7 Å². The van der Waals surface area contributed by atoms with Gasteiger partial charge in [0.1, 0.15) is 21.6 Å². The lowest BCUT2D eigenvalue weighted by molar-refractivity contribution is -0.150. The first-order chi connectivity index (χ1) is 15.9. The fraction of sp³-hybridized carbons (Fsp3) is 0.231. The molecule has 1 N–H and O–H groups in total. The number of benzene rings is 3. The highest BCUT2D eigenvalue weighted by Crippen LogP contribution is 2.65. The largest absolute Gasteiger partial charge is 0.494 e. The molecule has 1 fully saturated rings. The highest BCUT2D eigenvalue weighted by Gasteiger charge is 2.73. The molecule has 0 saturated heterocycles. The molecule has 7 heteroatoms. The van der Waals surface area contributed by atoms with Gasteiger partial charge in [-0.05, 0) is 48.9 Å². The van der Waals surface area contributed by atoms with Gasteiger partial charge in [0, 0.05) is 23.4 Å². The fourth-order valence-electron chi connectivity index (χ4n) is 3.79. The topological polar surface area (TPSA) is 71.3 Å². The van der Waals surface area contributed by atoms with Gasteiger partial charge < -0.3 is 14.8 Å². The molecular weight excluding hydrogens is 459 g/mol. The van der Waals surface area contributed by atoms with E-state index >= 15 is 0 Å². The number of anilines is 2. The van der Waals surface area contributed by atoms with Gasteiger partial charge in [-0.3, -0.25) is 4.79 Å². The number of hydrogen-bond acceptors (Lipinski definition) is 5. The molecule has 3 aromatic carbocycles. The molecular formula is C26H22Cl2N2O3. The molecule has 0 aliphatic heterocycles. The first-order valence-corrected chi connectivity index (χ1v) is 11.3. The summed E-state index contributed by atoms with van der Waals surface area (Å²) in [5.41, 5.74) is 1.60. The Labute approximate surface area is 202 Å². The van der Waals surface area contributed by atoms with E-state index in [1.165, 1.54) is 0 Å². The molecule has 0 radical (unpaired) electrons. The van der Waals surface area contributed by atoms with E-state index in [2.05, 4.69) is 11.4 Å². The Morgan fingerprint density at radius 3 is 2.33 bits per heavy atom. The number of ether oxygens (including phenoxy) is 2. The van der Waals surface area contributed by atoms with Crippen LogP contribution < -0.4 is 10.1 Å². The normalized spacial score (nSPS) is 19.1. The number of hydrogen-bond donors (Lipinski definition) is 1. The summed E-state index contributed by atoms with van der Waals surface area (Å²) in [6.07, 6.45) is -0.914. The van der Waals surface area contributed by atoms with Crippen LogP contribution >= 0.6 is 23.2 Å². The summed E-state index contributed by atoms with van der Waals surface area (Å²) >= 11 is 12.8. The van der Waals surface area contributed by atoms with Crippen molar-refractivity contribution in [3.63, 3.8) is 0 Å². The summed E-state index contributed by atoms with van der Waals surface area (Å²) in [7, 11) is 0. The Hall–Kier alpha value is -3.20. The molecule has 2 unspecified atom stereocenters. The maximum Gasteiger partial charge on any atom is 0.321 e. The van der Waals surface area contributed by atoms with E-state index in [-0.39, 0.29) is 6.42 Å². The number of carbonyl (C=O) groups is 1. The van der Waals surface area contributed by atoms with Crippen LogP contribution in [-0.2, 0) is 14.9 Å². The first kappa shape index (κ1) is 23.0. The minimum atomic E-state index is -1.31. The number of para-hydroxylation sites is 1. The smallest absolute Gasteiger partial charge is 0.321 e. The van der Waals surface area contributed by atoms with Crippen molar-refractivity contribution in [3.05, 3.63) is 90.0 Å². The first-order valence-electron chi connectivity index (χ1n) is 10.5. The van der Waals surface area contributed by atoms with E-state index in [1.807, 2.05) is 43.3 Å². The Bertz CT molecular complexity index is 1180. The van der Waals surface area contributed by atoms with Gasteiger partial charge in [0.15, 0.2) is 0 Å². The zero-order valence-corrected chi connectivity index (χ0v) is 19.4. The Kier molecular flexibility index (Phi) is 6.51. The zero-order chi connectivity index (χ0) is 23.5. The van der Waals surface area contributed by atoms with Crippen LogP contribution in [0.5, 0.6) is 5.75 Å². The van der Waals surface area contributed by atoms with E-state index < -0.39 is 21.8 Å². The number of esters is 1. The van der Waals surface area contributed by atoms with Gasteiger partial charge in [0.2, 0.25) is 6.10 Å². The van der Waals surface area contributed by atoms with Gasteiger partial charge in [-0.15, -0.1) is 0 Å². The van der Waals surface area contributed by atoms with Crippen LogP contribution in [0, 0.1) is 11.3 Å². The number of nitrogens with one attached hydrogen (secondary N) is 1. The van der Waals surface area contributed by atoms with Crippen molar-refractivity contribution in [3.8, 4) is 11.8 Å². The van der Waals surface area contributed by atoms with Crippen molar-refractivity contribution in [1.29, 1.82) is 5.26 Å². The van der Waals surface area contributed by atoms with Gasteiger partial charge >= 0.3 is 5.97 Å². The number of rotatable bonds is 8. The summed E-state index contributed by atoms with van der Waals surface area (Å²) in [6.45, 7) is 2.42. The van der Waals surface area contributed by atoms with Crippen molar-refractivity contribution >= 4 is 40.5 Å². The third-order valence-corrected chi connectivity index (χ3v) is 6.50. The van der Waals surface area contributed by atoms with Crippen molar-refractivity contribution in [2.75, 3.05) is 11.9 Å². The molecule has 33 heavy (non-hydrogen) atoms. The van der Waals surface area contributed by atoms with Gasteiger partial charge in [-0.2, -0.15) is 5.26 Å². The van der Waals surface area contributed by atoms with Gasteiger partial charge in [0.25, 0.3) is 0 Å². The minimum absolute atomic E-state index is 0.198. The van der Waals surface area contributed by atoms with Gasteiger partial charge in [-0.25, -0.2) is 0 Å². The van der Waals surface area contributed by atoms with E-state index in [0.717, 1.165) is 11.4 Å². The fourth-order valence-corrected chi connectivity index (χ4v) is 4.56. The Morgan fingerprint density at radius 1 is 1.06 bits per heavy atom. The molecule has 3 aromatic rings. The summed E-state index contributed by atoms with van der Waals surface area (Å²) < 4.78 is 9.82. The van der Waals surface area contributed by atoms with Crippen LogP contribution in [0.15, 0.2) is 78.9 Å². The van der Waals surface area contributed by atoms with Crippen LogP contribution in [0.2, 0.25) is 0 Å². The predicted octanol–water partition coefficient (Wildman–Crippen LogP) is 6.45. The number of alkyl halides is 2.